The number of hydrogen-bond acceptors (Lipinski definition) is 3. The lowest BCUT2D eigenvalue weighted by molar-refractivity contribution is -0.121. The molecule has 0 aliphatic heterocycles. The largest absolute Gasteiger partial charge is 0.361 e. The predicted octanol–water partition coefficient (Wildman–Crippen LogP) is 2.41. The van der Waals surface area contributed by atoms with Crippen molar-refractivity contribution in [1.29, 1.82) is 0 Å². The predicted molar refractivity (Wildman–Crippen MR) is 92.5 cm³/mol. The molecule has 6 nitrogen and oxygen atoms in total. The molecule has 2 N–H and O–H groups in total. The summed E-state index contributed by atoms with van der Waals surface area (Å²) < 4.78 is 15.0. The Morgan fingerprint density at radius 1 is 1.24 bits per heavy atom. The molecular formula is C18H16FN5O. The van der Waals surface area contributed by atoms with Crippen molar-refractivity contribution in [3.8, 4) is 0 Å². The fourth-order valence-electron chi connectivity index (χ4n) is 2.92. The third kappa shape index (κ3) is 3.08. The lowest BCUT2D eigenvalue weighted by Crippen LogP contribution is -2.29. The van der Waals surface area contributed by atoms with Gasteiger partial charge in [-0.2, -0.15) is 0 Å². The van der Waals surface area contributed by atoms with Gasteiger partial charge in [-0.25, -0.2) is 9.07 Å². The van der Waals surface area contributed by atoms with Gasteiger partial charge in [0.2, 0.25) is 5.91 Å². The van der Waals surface area contributed by atoms with Crippen LogP contribution in [0.3, 0.4) is 0 Å². The van der Waals surface area contributed by atoms with E-state index in [9.17, 15) is 9.18 Å². The van der Waals surface area contributed by atoms with E-state index in [1.807, 2.05) is 30.5 Å². The van der Waals surface area contributed by atoms with Crippen molar-refractivity contribution < 1.29 is 9.18 Å². The van der Waals surface area contributed by atoms with Gasteiger partial charge in [-0.3, -0.25) is 4.79 Å². The van der Waals surface area contributed by atoms with Crippen LogP contribution in [-0.2, 0) is 17.8 Å². The molecule has 2 aromatic heterocycles. The molecule has 0 unspecified atom stereocenters. The minimum atomic E-state index is -0.268. The first kappa shape index (κ1) is 15.3. The van der Waals surface area contributed by atoms with E-state index in [0.29, 0.717) is 13.0 Å². The van der Waals surface area contributed by atoms with Crippen molar-refractivity contribution in [2.75, 3.05) is 6.54 Å². The number of aromatic nitrogens is 4. The number of rotatable bonds is 5. The van der Waals surface area contributed by atoms with Crippen LogP contribution in [0.5, 0.6) is 0 Å². The van der Waals surface area contributed by atoms with Gasteiger partial charge in [0.1, 0.15) is 17.9 Å². The van der Waals surface area contributed by atoms with E-state index in [0.717, 1.165) is 27.5 Å². The summed E-state index contributed by atoms with van der Waals surface area (Å²) >= 11 is 0. The van der Waals surface area contributed by atoms with E-state index in [4.69, 9.17) is 0 Å². The van der Waals surface area contributed by atoms with Crippen molar-refractivity contribution in [3.05, 3.63) is 60.0 Å². The van der Waals surface area contributed by atoms with E-state index in [1.54, 1.807) is 10.7 Å². The number of hydrogen-bond donors (Lipinski definition) is 2. The lowest BCUT2D eigenvalue weighted by atomic mass is 10.1. The third-order valence-electron chi connectivity index (χ3n) is 4.16. The number of fused-ring (bicyclic) bond motifs is 2. The molecule has 2 heterocycles. The number of para-hydroxylation sites is 1. The van der Waals surface area contributed by atoms with E-state index in [2.05, 4.69) is 20.6 Å². The highest BCUT2D eigenvalue weighted by Gasteiger charge is 2.09. The molecule has 0 saturated carbocycles. The minimum absolute atomic E-state index is 0.114. The van der Waals surface area contributed by atoms with Crippen molar-refractivity contribution in [2.24, 2.45) is 0 Å². The Bertz CT molecular complexity index is 1050. The second kappa shape index (κ2) is 6.35. The number of carbonyl (C=O) groups is 1. The number of amides is 1. The van der Waals surface area contributed by atoms with Crippen LogP contribution in [0.2, 0.25) is 0 Å². The van der Waals surface area contributed by atoms with E-state index in [1.165, 1.54) is 12.1 Å². The van der Waals surface area contributed by atoms with Crippen LogP contribution in [0.1, 0.15) is 5.56 Å². The molecule has 126 valence electrons. The molecule has 2 aromatic carbocycles. The van der Waals surface area contributed by atoms with Gasteiger partial charge in [0.05, 0.1) is 5.52 Å². The molecule has 4 aromatic rings. The van der Waals surface area contributed by atoms with Gasteiger partial charge in [0.15, 0.2) is 0 Å². The summed E-state index contributed by atoms with van der Waals surface area (Å²) in [6, 6.07) is 12.1. The minimum Gasteiger partial charge on any atom is -0.361 e. The SMILES string of the molecule is O=C(Cn1nnc2ccccc21)NCCc1c[nH]c2ccc(F)cc12. The zero-order valence-electron chi connectivity index (χ0n) is 13.4. The normalized spacial score (nSPS) is 11.2. The van der Waals surface area contributed by atoms with Crippen LogP contribution < -0.4 is 5.32 Å². The van der Waals surface area contributed by atoms with Crippen molar-refractivity contribution in [2.45, 2.75) is 13.0 Å². The standard InChI is InChI=1S/C18H16FN5O/c19-13-5-6-15-14(9-13)12(10-21-15)7-8-20-18(25)11-24-17-4-2-1-3-16(17)22-23-24/h1-6,9-10,21H,7-8,11H2,(H,20,25). The van der Waals surface area contributed by atoms with Crippen LogP contribution in [-0.4, -0.2) is 32.4 Å². The molecule has 0 atom stereocenters. The number of carbonyl (C=O) groups excluding carboxylic acids is 1. The number of H-pyrrole nitrogens is 1. The zero-order valence-corrected chi connectivity index (χ0v) is 13.4. The zero-order chi connectivity index (χ0) is 17.2. The number of benzene rings is 2. The van der Waals surface area contributed by atoms with Crippen LogP contribution >= 0.6 is 0 Å². The average molecular weight is 337 g/mol. The molecule has 1 amide bonds. The summed E-state index contributed by atoms with van der Waals surface area (Å²) in [6.07, 6.45) is 2.47. The van der Waals surface area contributed by atoms with Crippen LogP contribution in [0, 0.1) is 5.82 Å². The Balaban J connectivity index is 1.38. The smallest absolute Gasteiger partial charge is 0.241 e. The summed E-state index contributed by atoms with van der Waals surface area (Å²) in [7, 11) is 0. The molecule has 7 heteroatoms. The molecule has 0 saturated heterocycles. The van der Waals surface area contributed by atoms with Crippen molar-refractivity contribution in [3.63, 3.8) is 0 Å². The second-order valence-electron chi connectivity index (χ2n) is 5.84. The number of nitrogens with zero attached hydrogens (tertiary/aromatic N) is 3. The highest BCUT2D eigenvalue weighted by molar-refractivity contribution is 5.83. The molecule has 0 spiro atoms. The Kier molecular flexibility index (Phi) is 3.89. The first-order valence-electron chi connectivity index (χ1n) is 8.01. The average Bonchev–Trinajstić information content (AvgIpc) is 3.20. The van der Waals surface area contributed by atoms with Crippen molar-refractivity contribution in [1.82, 2.24) is 25.3 Å². The summed E-state index contributed by atoms with van der Waals surface area (Å²) in [5.41, 5.74) is 3.44. The highest BCUT2D eigenvalue weighted by Crippen LogP contribution is 2.19. The summed E-state index contributed by atoms with van der Waals surface area (Å²) in [4.78, 5) is 15.2. The van der Waals surface area contributed by atoms with Crippen LogP contribution in [0.4, 0.5) is 4.39 Å². The van der Waals surface area contributed by atoms with Crippen molar-refractivity contribution >= 4 is 27.8 Å². The molecule has 0 bridgehead atoms. The highest BCUT2D eigenvalue weighted by atomic mass is 19.1. The Morgan fingerprint density at radius 2 is 2.12 bits per heavy atom. The topological polar surface area (TPSA) is 75.6 Å². The Hall–Kier alpha value is -3.22. The van der Waals surface area contributed by atoms with Gasteiger partial charge < -0.3 is 10.3 Å². The summed E-state index contributed by atoms with van der Waals surface area (Å²) in [5, 5.41) is 11.7. The van der Waals surface area contributed by atoms with Gasteiger partial charge in [0, 0.05) is 23.6 Å². The van der Waals surface area contributed by atoms with E-state index >= 15 is 0 Å². The molecule has 0 aliphatic carbocycles. The van der Waals surface area contributed by atoms with Gasteiger partial charge in [-0.1, -0.05) is 17.3 Å². The van der Waals surface area contributed by atoms with E-state index in [-0.39, 0.29) is 18.3 Å². The quantitative estimate of drug-likeness (QED) is 0.587. The molecule has 0 fully saturated rings. The molecule has 25 heavy (non-hydrogen) atoms. The van der Waals surface area contributed by atoms with Gasteiger partial charge in [0.25, 0.3) is 0 Å². The summed E-state index contributed by atoms with van der Waals surface area (Å²) in [6.45, 7) is 0.581. The van der Waals surface area contributed by atoms with Crippen LogP contribution in [0.15, 0.2) is 48.7 Å². The molecule has 0 aliphatic rings. The monoisotopic (exact) mass is 337 g/mol. The fraction of sp³-hybridized carbons (Fsp3) is 0.167. The maximum atomic E-state index is 13.4. The number of halogens is 1. The van der Waals surface area contributed by atoms with Gasteiger partial charge in [-0.05, 0) is 42.3 Å². The molecular weight excluding hydrogens is 321 g/mol. The summed E-state index contributed by atoms with van der Waals surface area (Å²) in [5.74, 6) is -0.405. The number of aromatic amines is 1. The molecule has 4 rings (SSSR count). The second-order valence-corrected chi connectivity index (χ2v) is 5.84. The third-order valence-corrected chi connectivity index (χ3v) is 4.16. The van der Waals surface area contributed by atoms with Gasteiger partial charge in [-0.15, -0.1) is 5.10 Å². The fourth-order valence-corrected chi connectivity index (χ4v) is 2.92. The lowest BCUT2D eigenvalue weighted by Gasteiger charge is -2.05. The Morgan fingerprint density at radius 3 is 3.04 bits per heavy atom. The first-order valence-corrected chi connectivity index (χ1v) is 8.01. The maximum absolute atomic E-state index is 13.4. The van der Waals surface area contributed by atoms with E-state index < -0.39 is 0 Å². The van der Waals surface area contributed by atoms with Gasteiger partial charge >= 0.3 is 0 Å². The Labute approximate surface area is 142 Å². The first-order chi connectivity index (χ1) is 12.2. The maximum Gasteiger partial charge on any atom is 0.241 e. The number of nitrogens with one attached hydrogen (secondary N) is 2. The molecule has 0 radical (unpaired) electrons. The van der Waals surface area contributed by atoms with Crippen LogP contribution in [0.25, 0.3) is 21.9 Å².